The summed E-state index contributed by atoms with van der Waals surface area (Å²) in [5, 5.41) is 0.959. The van der Waals surface area contributed by atoms with E-state index >= 15 is 0 Å². The molecule has 5 nitrogen and oxygen atoms in total. The van der Waals surface area contributed by atoms with Gasteiger partial charge in [-0.2, -0.15) is 0 Å². The quantitative estimate of drug-likeness (QED) is 0.677. The van der Waals surface area contributed by atoms with Crippen molar-refractivity contribution < 1.29 is 4.79 Å². The van der Waals surface area contributed by atoms with E-state index in [1.165, 1.54) is 5.56 Å². The molecular formula is C25H30N4O. The van der Waals surface area contributed by atoms with Gasteiger partial charge in [-0.1, -0.05) is 36.4 Å². The number of primary amides is 1. The van der Waals surface area contributed by atoms with E-state index in [-0.39, 0.29) is 0 Å². The molecule has 1 heterocycles. The van der Waals surface area contributed by atoms with Crippen LogP contribution < -0.4 is 10.6 Å². The summed E-state index contributed by atoms with van der Waals surface area (Å²) in [5.41, 5.74) is 8.97. The van der Waals surface area contributed by atoms with Crippen LogP contribution in [-0.2, 0) is 0 Å². The van der Waals surface area contributed by atoms with Crippen LogP contribution in [0, 0.1) is 5.92 Å². The minimum Gasteiger partial charge on any atom is -0.351 e. The normalized spacial score (nSPS) is 21.6. The lowest BCUT2D eigenvalue weighted by Crippen LogP contribution is -2.45. The minimum atomic E-state index is -0.405. The molecule has 1 fully saturated rings. The average molecular weight is 403 g/mol. The number of rotatable bonds is 5. The van der Waals surface area contributed by atoms with Crippen molar-refractivity contribution in [1.29, 1.82) is 0 Å². The Hall–Kier alpha value is -2.92. The predicted octanol–water partition coefficient (Wildman–Crippen LogP) is 4.63. The van der Waals surface area contributed by atoms with Gasteiger partial charge in [-0.05, 0) is 75.0 Å². The van der Waals surface area contributed by atoms with E-state index in [4.69, 9.17) is 5.73 Å². The van der Waals surface area contributed by atoms with Crippen molar-refractivity contribution in [3.63, 3.8) is 0 Å². The standard InChI is InChI=1S/C25H30N4O/c1-28(2)24-16-18(13-14-20(24)19-8-4-3-5-9-19)17-29(25(26)30)23-12-6-11-22-21(23)10-7-15-27-22/h3-12,15,18,20,24H,13-14,16-17H2,1-2H3,(H2,26,30). The number of urea groups is 1. The second-order valence-electron chi connectivity index (χ2n) is 8.52. The van der Waals surface area contributed by atoms with Gasteiger partial charge in [-0.25, -0.2) is 4.79 Å². The fourth-order valence-electron chi connectivity index (χ4n) is 4.94. The highest BCUT2D eigenvalue weighted by molar-refractivity contribution is 6.01. The number of likely N-dealkylation sites (N-methyl/N-ethyl adjacent to an activating group) is 1. The first kappa shape index (κ1) is 20.4. The van der Waals surface area contributed by atoms with E-state index in [0.717, 1.165) is 35.9 Å². The summed E-state index contributed by atoms with van der Waals surface area (Å²) >= 11 is 0. The number of nitrogens with zero attached hydrogens (tertiary/aromatic N) is 3. The molecule has 0 bridgehead atoms. The molecule has 1 aromatic heterocycles. The zero-order chi connectivity index (χ0) is 21.1. The topological polar surface area (TPSA) is 62.5 Å². The van der Waals surface area contributed by atoms with Crippen LogP contribution in [0.1, 0.15) is 30.7 Å². The van der Waals surface area contributed by atoms with E-state index in [0.29, 0.717) is 24.4 Å². The summed E-state index contributed by atoms with van der Waals surface area (Å²) in [6.07, 6.45) is 5.00. The summed E-state index contributed by atoms with van der Waals surface area (Å²) in [5.74, 6) is 0.915. The summed E-state index contributed by atoms with van der Waals surface area (Å²) in [7, 11) is 4.32. The third-order valence-corrected chi connectivity index (χ3v) is 6.44. The molecule has 1 aliphatic rings. The lowest BCUT2D eigenvalue weighted by atomic mass is 9.74. The molecule has 4 rings (SSSR count). The lowest BCUT2D eigenvalue weighted by molar-refractivity contribution is 0.161. The molecule has 0 spiro atoms. The monoisotopic (exact) mass is 402 g/mol. The van der Waals surface area contributed by atoms with Crippen LogP contribution in [0.15, 0.2) is 66.9 Å². The van der Waals surface area contributed by atoms with Gasteiger partial charge in [0.25, 0.3) is 0 Å². The van der Waals surface area contributed by atoms with Crippen LogP contribution >= 0.6 is 0 Å². The smallest absolute Gasteiger partial charge is 0.319 e. The van der Waals surface area contributed by atoms with Crippen molar-refractivity contribution in [2.45, 2.75) is 31.2 Å². The van der Waals surface area contributed by atoms with Crippen LogP contribution in [0.3, 0.4) is 0 Å². The summed E-state index contributed by atoms with van der Waals surface area (Å²) < 4.78 is 0. The first-order chi connectivity index (χ1) is 14.5. The molecule has 5 heteroatoms. The molecule has 0 saturated heterocycles. The molecule has 0 aliphatic heterocycles. The number of pyridine rings is 1. The number of fused-ring (bicyclic) bond motifs is 1. The van der Waals surface area contributed by atoms with Crippen molar-refractivity contribution >= 4 is 22.6 Å². The maximum absolute atomic E-state index is 12.4. The Kier molecular flexibility index (Phi) is 6.00. The van der Waals surface area contributed by atoms with Crippen LogP contribution in [0.25, 0.3) is 10.9 Å². The summed E-state index contributed by atoms with van der Waals surface area (Å²) in [6.45, 7) is 0.634. The Morgan fingerprint density at radius 1 is 1.03 bits per heavy atom. The molecule has 1 aliphatic carbocycles. The number of carbonyl (C=O) groups excluding carboxylic acids is 1. The van der Waals surface area contributed by atoms with Gasteiger partial charge in [0.1, 0.15) is 0 Å². The first-order valence-electron chi connectivity index (χ1n) is 10.7. The highest BCUT2D eigenvalue weighted by atomic mass is 16.2. The van der Waals surface area contributed by atoms with Crippen molar-refractivity contribution in [3.05, 3.63) is 72.4 Å². The van der Waals surface area contributed by atoms with Crippen LogP contribution in [0.5, 0.6) is 0 Å². The Labute approximate surface area is 178 Å². The molecule has 30 heavy (non-hydrogen) atoms. The van der Waals surface area contributed by atoms with Gasteiger partial charge in [-0.3, -0.25) is 9.88 Å². The summed E-state index contributed by atoms with van der Waals surface area (Å²) in [6, 6.07) is 20.6. The molecule has 3 aromatic rings. The highest BCUT2D eigenvalue weighted by Gasteiger charge is 2.34. The second kappa shape index (κ2) is 8.84. The second-order valence-corrected chi connectivity index (χ2v) is 8.52. The maximum Gasteiger partial charge on any atom is 0.319 e. The van der Waals surface area contributed by atoms with Crippen LogP contribution in [0.4, 0.5) is 10.5 Å². The largest absolute Gasteiger partial charge is 0.351 e. The number of hydrogen-bond donors (Lipinski definition) is 1. The Morgan fingerprint density at radius 2 is 1.83 bits per heavy atom. The van der Waals surface area contributed by atoms with E-state index in [1.807, 2.05) is 30.3 Å². The third-order valence-electron chi connectivity index (χ3n) is 6.44. The SMILES string of the molecule is CN(C)C1CC(CN(C(N)=O)c2cccc3ncccc23)CCC1c1ccccc1. The maximum atomic E-state index is 12.4. The average Bonchev–Trinajstić information content (AvgIpc) is 2.77. The minimum absolute atomic E-state index is 0.400. The Bertz CT molecular complexity index is 999. The van der Waals surface area contributed by atoms with Gasteiger partial charge in [0.15, 0.2) is 0 Å². The Morgan fingerprint density at radius 3 is 2.57 bits per heavy atom. The third kappa shape index (κ3) is 4.17. The predicted molar refractivity (Wildman–Crippen MR) is 123 cm³/mol. The van der Waals surface area contributed by atoms with E-state index < -0.39 is 6.03 Å². The van der Waals surface area contributed by atoms with Crippen molar-refractivity contribution in [2.75, 3.05) is 25.5 Å². The zero-order valence-electron chi connectivity index (χ0n) is 17.7. The van der Waals surface area contributed by atoms with Crippen molar-refractivity contribution in [2.24, 2.45) is 11.7 Å². The zero-order valence-corrected chi connectivity index (χ0v) is 17.7. The number of nitrogens with two attached hydrogens (primary N) is 1. The number of benzene rings is 2. The van der Waals surface area contributed by atoms with Gasteiger partial charge in [0.2, 0.25) is 0 Å². The molecule has 156 valence electrons. The molecule has 1 saturated carbocycles. The number of hydrogen-bond acceptors (Lipinski definition) is 3. The summed E-state index contributed by atoms with van der Waals surface area (Å²) in [4.78, 5) is 20.9. The Balaban J connectivity index is 1.57. The molecule has 2 amide bonds. The number of amides is 2. The van der Waals surface area contributed by atoms with Gasteiger partial charge >= 0.3 is 6.03 Å². The number of aromatic nitrogens is 1. The van der Waals surface area contributed by atoms with E-state index in [1.54, 1.807) is 11.1 Å². The number of carbonyl (C=O) groups is 1. The number of anilines is 1. The van der Waals surface area contributed by atoms with Crippen molar-refractivity contribution in [3.8, 4) is 0 Å². The highest BCUT2D eigenvalue weighted by Crippen LogP contribution is 2.39. The van der Waals surface area contributed by atoms with Gasteiger partial charge < -0.3 is 10.6 Å². The molecule has 2 aromatic carbocycles. The van der Waals surface area contributed by atoms with Crippen molar-refractivity contribution in [1.82, 2.24) is 9.88 Å². The lowest BCUT2D eigenvalue weighted by Gasteiger charge is -2.41. The van der Waals surface area contributed by atoms with E-state index in [9.17, 15) is 4.79 Å². The molecule has 2 N–H and O–H groups in total. The molecule has 0 radical (unpaired) electrons. The van der Waals surface area contributed by atoms with Crippen LogP contribution in [-0.4, -0.2) is 42.6 Å². The molecule has 3 atom stereocenters. The fraction of sp³-hybridized carbons (Fsp3) is 0.360. The first-order valence-corrected chi connectivity index (χ1v) is 10.7. The van der Waals surface area contributed by atoms with E-state index in [2.05, 4.69) is 54.3 Å². The fourth-order valence-corrected chi connectivity index (χ4v) is 4.94. The molecule has 3 unspecified atom stereocenters. The molecular weight excluding hydrogens is 372 g/mol. The van der Waals surface area contributed by atoms with Gasteiger partial charge in [0, 0.05) is 24.2 Å². The van der Waals surface area contributed by atoms with Gasteiger partial charge in [0.05, 0.1) is 11.2 Å². The van der Waals surface area contributed by atoms with Gasteiger partial charge in [-0.15, -0.1) is 0 Å². The van der Waals surface area contributed by atoms with Crippen LogP contribution in [0.2, 0.25) is 0 Å².